The molecule has 1 aromatic rings. The Kier molecular flexibility index (Phi) is 5.59. The minimum Gasteiger partial charge on any atom is -0.366 e. The Balaban J connectivity index is 0.00000162. The first-order chi connectivity index (χ1) is 8.18. The van der Waals surface area contributed by atoms with Gasteiger partial charge in [0.1, 0.15) is 6.10 Å². The monoisotopic (exact) mass is 270 g/mol. The number of nitrogens with one attached hydrogen (secondary N) is 2. The minimum atomic E-state index is -0.386. The van der Waals surface area contributed by atoms with Crippen LogP contribution in [0, 0.1) is 13.8 Å². The van der Waals surface area contributed by atoms with Gasteiger partial charge in [-0.3, -0.25) is 4.79 Å². The molecule has 2 rings (SSSR count). The number of ether oxygens (including phenoxy) is 1. The molecule has 0 radical (unpaired) electrons. The second-order valence-electron chi connectivity index (χ2n) is 4.32. The maximum Gasteiger partial charge on any atom is 0.254 e. The SMILES string of the molecule is Cc1cccc(C)c1NC(=O)C1CNCCO1.Cl. The molecule has 4 nitrogen and oxygen atoms in total. The van der Waals surface area contributed by atoms with E-state index in [0.717, 1.165) is 23.4 Å². The van der Waals surface area contributed by atoms with Crippen molar-refractivity contribution in [3.8, 4) is 0 Å². The fraction of sp³-hybridized carbons (Fsp3) is 0.462. The standard InChI is InChI=1S/C13H18N2O2.ClH/c1-9-4-3-5-10(2)12(9)15-13(16)11-8-14-6-7-17-11;/h3-5,11,14H,6-8H2,1-2H3,(H,15,16);1H. The van der Waals surface area contributed by atoms with Crippen LogP contribution in [0.4, 0.5) is 5.69 Å². The Labute approximate surface area is 114 Å². The molecule has 100 valence electrons. The molecule has 0 bridgehead atoms. The predicted molar refractivity (Wildman–Crippen MR) is 74.4 cm³/mol. The van der Waals surface area contributed by atoms with Gasteiger partial charge in [0.2, 0.25) is 0 Å². The van der Waals surface area contributed by atoms with Crippen LogP contribution in [0.1, 0.15) is 11.1 Å². The smallest absolute Gasteiger partial charge is 0.254 e. The van der Waals surface area contributed by atoms with Gasteiger partial charge in [-0.15, -0.1) is 12.4 Å². The summed E-state index contributed by atoms with van der Waals surface area (Å²) in [5.74, 6) is -0.0744. The van der Waals surface area contributed by atoms with Crippen LogP contribution in [-0.2, 0) is 9.53 Å². The van der Waals surface area contributed by atoms with E-state index in [0.29, 0.717) is 13.2 Å². The molecule has 1 saturated heterocycles. The zero-order valence-corrected chi connectivity index (χ0v) is 11.5. The summed E-state index contributed by atoms with van der Waals surface area (Å²) in [7, 11) is 0. The van der Waals surface area contributed by atoms with E-state index in [1.165, 1.54) is 0 Å². The zero-order chi connectivity index (χ0) is 12.3. The summed E-state index contributed by atoms with van der Waals surface area (Å²) < 4.78 is 5.42. The van der Waals surface area contributed by atoms with Crippen LogP contribution in [0.25, 0.3) is 0 Å². The molecule has 1 amide bonds. The fourth-order valence-electron chi connectivity index (χ4n) is 1.95. The van der Waals surface area contributed by atoms with Crippen LogP contribution in [0.15, 0.2) is 18.2 Å². The lowest BCUT2D eigenvalue weighted by atomic mass is 10.1. The van der Waals surface area contributed by atoms with E-state index >= 15 is 0 Å². The van der Waals surface area contributed by atoms with Gasteiger partial charge in [0.15, 0.2) is 0 Å². The summed E-state index contributed by atoms with van der Waals surface area (Å²) in [5, 5.41) is 6.09. The van der Waals surface area contributed by atoms with Crippen molar-refractivity contribution in [3.63, 3.8) is 0 Å². The lowest BCUT2D eigenvalue weighted by Crippen LogP contribution is -2.45. The number of carbonyl (C=O) groups is 1. The normalized spacial score (nSPS) is 18.9. The third-order valence-electron chi connectivity index (χ3n) is 2.95. The average molecular weight is 271 g/mol. The van der Waals surface area contributed by atoms with Gasteiger partial charge in [0.25, 0.3) is 5.91 Å². The van der Waals surface area contributed by atoms with Crippen LogP contribution >= 0.6 is 12.4 Å². The van der Waals surface area contributed by atoms with Gasteiger partial charge in [0.05, 0.1) is 6.61 Å². The van der Waals surface area contributed by atoms with E-state index < -0.39 is 0 Å². The number of halogens is 1. The molecule has 1 aliphatic heterocycles. The van der Waals surface area contributed by atoms with Crippen molar-refractivity contribution >= 4 is 24.0 Å². The number of hydrogen-bond acceptors (Lipinski definition) is 3. The molecule has 5 heteroatoms. The summed E-state index contributed by atoms with van der Waals surface area (Å²) in [6.07, 6.45) is -0.386. The molecule has 1 fully saturated rings. The number of aryl methyl sites for hydroxylation is 2. The van der Waals surface area contributed by atoms with Gasteiger partial charge in [-0.05, 0) is 25.0 Å². The molecule has 1 unspecified atom stereocenters. The third-order valence-corrected chi connectivity index (χ3v) is 2.95. The van der Waals surface area contributed by atoms with E-state index in [1.807, 2.05) is 32.0 Å². The van der Waals surface area contributed by atoms with Gasteiger partial charge in [0, 0.05) is 18.8 Å². The average Bonchev–Trinajstić information content (AvgIpc) is 2.35. The second kappa shape index (κ2) is 6.73. The maximum absolute atomic E-state index is 12.0. The van der Waals surface area contributed by atoms with Crippen molar-refractivity contribution in [2.24, 2.45) is 0 Å². The zero-order valence-electron chi connectivity index (χ0n) is 10.7. The molecule has 0 aromatic heterocycles. The van der Waals surface area contributed by atoms with Crippen molar-refractivity contribution < 1.29 is 9.53 Å². The van der Waals surface area contributed by atoms with Crippen LogP contribution in [0.5, 0.6) is 0 Å². The summed E-state index contributed by atoms with van der Waals surface area (Å²) >= 11 is 0. The number of carbonyl (C=O) groups excluding carboxylic acids is 1. The van der Waals surface area contributed by atoms with E-state index in [-0.39, 0.29) is 24.4 Å². The van der Waals surface area contributed by atoms with Gasteiger partial charge in [-0.1, -0.05) is 18.2 Å². The minimum absolute atomic E-state index is 0. The quantitative estimate of drug-likeness (QED) is 0.859. The first-order valence-electron chi connectivity index (χ1n) is 5.88. The number of hydrogen-bond donors (Lipinski definition) is 2. The summed E-state index contributed by atoms with van der Waals surface area (Å²) in [4.78, 5) is 12.0. The topological polar surface area (TPSA) is 50.4 Å². The van der Waals surface area contributed by atoms with Gasteiger partial charge in [-0.2, -0.15) is 0 Å². The highest BCUT2D eigenvalue weighted by Gasteiger charge is 2.22. The Hall–Kier alpha value is -1.10. The van der Waals surface area contributed by atoms with Crippen molar-refractivity contribution in [2.45, 2.75) is 20.0 Å². The van der Waals surface area contributed by atoms with Crippen LogP contribution in [0.3, 0.4) is 0 Å². The van der Waals surface area contributed by atoms with Crippen LogP contribution in [0.2, 0.25) is 0 Å². The Morgan fingerprint density at radius 3 is 2.61 bits per heavy atom. The highest BCUT2D eigenvalue weighted by molar-refractivity contribution is 5.95. The van der Waals surface area contributed by atoms with Crippen LogP contribution in [-0.4, -0.2) is 31.7 Å². The number of benzene rings is 1. The number of anilines is 1. The molecule has 1 atom stereocenters. The third kappa shape index (κ3) is 3.45. The number of para-hydroxylation sites is 1. The van der Waals surface area contributed by atoms with Gasteiger partial charge in [-0.25, -0.2) is 0 Å². The van der Waals surface area contributed by atoms with Crippen molar-refractivity contribution in [1.29, 1.82) is 0 Å². The lowest BCUT2D eigenvalue weighted by Gasteiger charge is -2.23. The largest absolute Gasteiger partial charge is 0.366 e. The molecule has 0 saturated carbocycles. The summed E-state index contributed by atoms with van der Waals surface area (Å²) in [6.45, 7) is 5.96. The van der Waals surface area contributed by atoms with Crippen molar-refractivity contribution in [1.82, 2.24) is 5.32 Å². The molecular formula is C13H19ClN2O2. The first kappa shape index (κ1) is 15.0. The number of rotatable bonds is 2. The Morgan fingerprint density at radius 1 is 1.39 bits per heavy atom. The Morgan fingerprint density at radius 2 is 2.06 bits per heavy atom. The highest BCUT2D eigenvalue weighted by Crippen LogP contribution is 2.19. The Bertz CT molecular complexity index is 397. The van der Waals surface area contributed by atoms with E-state index in [9.17, 15) is 4.79 Å². The van der Waals surface area contributed by atoms with E-state index in [4.69, 9.17) is 4.74 Å². The predicted octanol–water partition coefficient (Wildman–Crippen LogP) is 1.65. The first-order valence-corrected chi connectivity index (χ1v) is 5.88. The molecule has 0 aliphatic carbocycles. The molecule has 2 N–H and O–H groups in total. The van der Waals surface area contributed by atoms with E-state index in [2.05, 4.69) is 10.6 Å². The van der Waals surface area contributed by atoms with Crippen molar-refractivity contribution in [2.75, 3.05) is 25.0 Å². The maximum atomic E-state index is 12.0. The fourth-order valence-corrected chi connectivity index (χ4v) is 1.95. The summed E-state index contributed by atoms with van der Waals surface area (Å²) in [5.41, 5.74) is 3.04. The molecule has 1 aromatic carbocycles. The summed E-state index contributed by atoms with van der Waals surface area (Å²) in [6, 6.07) is 5.96. The second-order valence-corrected chi connectivity index (χ2v) is 4.32. The van der Waals surface area contributed by atoms with Crippen molar-refractivity contribution in [3.05, 3.63) is 29.3 Å². The molecular weight excluding hydrogens is 252 g/mol. The van der Waals surface area contributed by atoms with Gasteiger partial charge >= 0.3 is 0 Å². The van der Waals surface area contributed by atoms with E-state index in [1.54, 1.807) is 0 Å². The highest BCUT2D eigenvalue weighted by atomic mass is 35.5. The molecule has 1 heterocycles. The molecule has 1 aliphatic rings. The molecule has 0 spiro atoms. The number of amides is 1. The lowest BCUT2D eigenvalue weighted by molar-refractivity contribution is -0.128. The number of morpholine rings is 1. The van der Waals surface area contributed by atoms with Gasteiger partial charge < -0.3 is 15.4 Å². The molecule has 18 heavy (non-hydrogen) atoms. The van der Waals surface area contributed by atoms with Crippen LogP contribution < -0.4 is 10.6 Å².